The second-order valence-corrected chi connectivity index (χ2v) is 7.05. The van der Waals surface area contributed by atoms with Crippen molar-refractivity contribution < 1.29 is 19.1 Å². The van der Waals surface area contributed by atoms with Crippen molar-refractivity contribution in [2.75, 3.05) is 11.9 Å². The minimum atomic E-state index is -0.499. The van der Waals surface area contributed by atoms with Crippen LogP contribution in [0.4, 0.5) is 5.69 Å². The summed E-state index contributed by atoms with van der Waals surface area (Å²) in [5, 5.41) is 2.90. The highest BCUT2D eigenvalue weighted by molar-refractivity contribution is 6.04. The molecule has 31 heavy (non-hydrogen) atoms. The molecular weight excluding hydrogens is 390 g/mol. The fourth-order valence-electron chi connectivity index (χ4n) is 2.98. The van der Waals surface area contributed by atoms with Crippen LogP contribution in [0.3, 0.4) is 0 Å². The molecule has 0 bridgehead atoms. The van der Waals surface area contributed by atoms with E-state index in [1.807, 2.05) is 63.2 Å². The topological polar surface area (TPSA) is 64.6 Å². The lowest BCUT2D eigenvalue weighted by atomic mass is 10.1. The van der Waals surface area contributed by atoms with E-state index in [1.54, 1.807) is 30.3 Å². The first-order valence-corrected chi connectivity index (χ1v) is 10.1. The van der Waals surface area contributed by atoms with Crippen molar-refractivity contribution in [2.24, 2.45) is 0 Å². The number of carbonyl (C=O) groups excluding carboxylic acids is 2. The van der Waals surface area contributed by atoms with Gasteiger partial charge >= 0.3 is 5.97 Å². The zero-order valence-electron chi connectivity index (χ0n) is 17.8. The number of benzene rings is 3. The van der Waals surface area contributed by atoms with Gasteiger partial charge in [0.15, 0.2) is 0 Å². The Morgan fingerprint density at radius 3 is 2.23 bits per heavy atom. The van der Waals surface area contributed by atoms with Gasteiger partial charge in [0.25, 0.3) is 5.91 Å². The summed E-state index contributed by atoms with van der Waals surface area (Å²) in [6.45, 7) is 6.49. The van der Waals surface area contributed by atoms with E-state index < -0.39 is 5.97 Å². The number of amides is 1. The number of nitrogens with one attached hydrogen (secondary N) is 1. The van der Waals surface area contributed by atoms with E-state index in [9.17, 15) is 9.59 Å². The molecule has 0 aromatic heterocycles. The largest absolute Gasteiger partial charge is 0.494 e. The summed E-state index contributed by atoms with van der Waals surface area (Å²) < 4.78 is 10.7. The van der Waals surface area contributed by atoms with E-state index in [2.05, 4.69) is 5.32 Å². The standard InChI is InChI=1S/C26H25NO4/c1-4-30-22-11-6-20(7-12-22)8-16-25(28)31-23-13-9-21(10-14-23)26(29)27-24-15-5-18(2)17-19(24)3/h5-17H,4H2,1-3H3,(H,27,29)/b16-8+. The number of anilines is 1. The van der Waals surface area contributed by atoms with Crippen LogP contribution in [0, 0.1) is 13.8 Å². The van der Waals surface area contributed by atoms with Gasteiger partial charge in [-0.15, -0.1) is 0 Å². The molecule has 0 unspecified atom stereocenters. The molecule has 0 radical (unpaired) electrons. The molecule has 0 heterocycles. The van der Waals surface area contributed by atoms with Crippen LogP contribution in [0.2, 0.25) is 0 Å². The van der Waals surface area contributed by atoms with Gasteiger partial charge in [-0.3, -0.25) is 4.79 Å². The third-order valence-corrected chi connectivity index (χ3v) is 4.57. The molecule has 0 aliphatic heterocycles. The van der Waals surface area contributed by atoms with Gasteiger partial charge in [-0.25, -0.2) is 4.79 Å². The van der Waals surface area contributed by atoms with E-state index in [0.717, 1.165) is 28.1 Å². The smallest absolute Gasteiger partial charge is 0.336 e. The molecule has 0 atom stereocenters. The fourth-order valence-corrected chi connectivity index (χ4v) is 2.98. The second-order valence-electron chi connectivity index (χ2n) is 7.05. The molecule has 1 amide bonds. The van der Waals surface area contributed by atoms with Gasteiger partial charge < -0.3 is 14.8 Å². The number of esters is 1. The molecule has 3 aromatic carbocycles. The van der Waals surface area contributed by atoms with E-state index in [0.29, 0.717) is 17.9 Å². The predicted octanol–water partition coefficient (Wildman–Crippen LogP) is 5.57. The van der Waals surface area contributed by atoms with Crippen LogP contribution < -0.4 is 14.8 Å². The highest BCUT2D eigenvalue weighted by atomic mass is 16.5. The molecule has 0 spiro atoms. The number of hydrogen-bond acceptors (Lipinski definition) is 4. The van der Waals surface area contributed by atoms with Crippen LogP contribution in [0.25, 0.3) is 6.08 Å². The van der Waals surface area contributed by atoms with Gasteiger partial charge in [0.05, 0.1) is 6.61 Å². The molecule has 3 rings (SSSR count). The first-order chi connectivity index (χ1) is 14.9. The molecule has 0 saturated heterocycles. The molecule has 5 nitrogen and oxygen atoms in total. The summed E-state index contributed by atoms with van der Waals surface area (Å²) in [6, 6.07) is 19.7. The van der Waals surface area contributed by atoms with Crippen LogP contribution in [0.1, 0.15) is 34.0 Å². The highest BCUT2D eigenvalue weighted by Crippen LogP contribution is 2.19. The lowest BCUT2D eigenvalue weighted by Crippen LogP contribution is -2.13. The second kappa shape index (κ2) is 10.3. The summed E-state index contributed by atoms with van der Waals surface area (Å²) in [7, 11) is 0. The van der Waals surface area contributed by atoms with Crippen molar-refractivity contribution in [3.63, 3.8) is 0 Å². The minimum Gasteiger partial charge on any atom is -0.494 e. The van der Waals surface area contributed by atoms with Gasteiger partial charge in [0.2, 0.25) is 0 Å². The van der Waals surface area contributed by atoms with Crippen molar-refractivity contribution in [3.05, 3.63) is 95.1 Å². The first-order valence-electron chi connectivity index (χ1n) is 10.1. The van der Waals surface area contributed by atoms with Crippen LogP contribution in [-0.4, -0.2) is 18.5 Å². The Kier molecular flexibility index (Phi) is 7.22. The molecule has 0 saturated carbocycles. The summed E-state index contributed by atoms with van der Waals surface area (Å²) in [6.07, 6.45) is 3.03. The van der Waals surface area contributed by atoms with Gasteiger partial charge in [-0.1, -0.05) is 29.8 Å². The highest BCUT2D eigenvalue weighted by Gasteiger charge is 2.09. The van der Waals surface area contributed by atoms with E-state index in [4.69, 9.17) is 9.47 Å². The summed E-state index contributed by atoms with van der Waals surface area (Å²) >= 11 is 0. The Morgan fingerprint density at radius 1 is 0.903 bits per heavy atom. The Labute approximate surface area is 182 Å². The zero-order valence-corrected chi connectivity index (χ0v) is 17.8. The summed E-state index contributed by atoms with van der Waals surface area (Å²) in [5.74, 6) is 0.426. The van der Waals surface area contributed by atoms with Crippen LogP contribution in [0.5, 0.6) is 11.5 Å². The number of hydrogen-bond donors (Lipinski definition) is 1. The van der Waals surface area contributed by atoms with Crippen LogP contribution in [-0.2, 0) is 4.79 Å². The third kappa shape index (κ3) is 6.31. The zero-order chi connectivity index (χ0) is 22.2. The number of aryl methyl sites for hydroxylation is 2. The number of rotatable bonds is 7. The molecule has 1 N–H and O–H groups in total. The number of ether oxygens (including phenoxy) is 2. The average Bonchev–Trinajstić information content (AvgIpc) is 2.76. The normalized spacial score (nSPS) is 10.7. The van der Waals surface area contributed by atoms with Crippen molar-refractivity contribution in [3.8, 4) is 11.5 Å². The SMILES string of the molecule is CCOc1ccc(/C=C/C(=O)Oc2ccc(C(=O)Nc3ccc(C)cc3C)cc2)cc1. The van der Waals surface area contributed by atoms with Crippen molar-refractivity contribution >= 4 is 23.6 Å². The van der Waals surface area contributed by atoms with E-state index in [1.165, 1.54) is 6.08 Å². The fraction of sp³-hybridized carbons (Fsp3) is 0.154. The van der Waals surface area contributed by atoms with Crippen LogP contribution >= 0.6 is 0 Å². The lowest BCUT2D eigenvalue weighted by molar-refractivity contribution is -0.128. The van der Waals surface area contributed by atoms with E-state index >= 15 is 0 Å². The average molecular weight is 415 g/mol. The Bertz CT molecular complexity index is 1080. The summed E-state index contributed by atoms with van der Waals surface area (Å²) in [4.78, 5) is 24.5. The monoisotopic (exact) mass is 415 g/mol. The predicted molar refractivity (Wildman–Crippen MR) is 123 cm³/mol. The maximum Gasteiger partial charge on any atom is 0.336 e. The molecule has 0 aliphatic rings. The summed E-state index contributed by atoms with van der Waals surface area (Å²) in [5.41, 5.74) is 4.24. The maximum absolute atomic E-state index is 12.5. The quantitative estimate of drug-likeness (QED) is 0.311. The van der Waals surface area contributed by atoms with Crippen molar-refractivity contribution in [1.29, 1.82) is 0 Å². The first kappa shape index (κ1) is 21.8. The third-order valence-electron chi connectivity index (χ3n) is 4.57. The molecule has 0 aliphatic carbocycles. The van der Waals surface area contributed by atoms with Gasteiger partial charge in [-0.2, -0.15) is 0 Å². The Hall–Kier alpha value is -3.86. The van der Waals surface area contributed by atoms with Crippen molar-refractivity contribution in [2.45, 2.75) is 20.8 Å². The molecule has 158 valence electrons. The Morgan fingerprint density at radius 2 is 1.58 bits per heavy atom. The van der Waals surface area contributed by atoms with Crippen LogP contribution in [0.15, 0.2) is 72.8 Å². The molecule has 0 fully saturated rings. The van der Waals surface area contributed by atoms with Gasteiger partial charge in [-0.05, 0) is 80.4 Å². The minimum absolute atomic E-state index is 0.222. The maximum atomic E-state index is 12.5. The molecular formula is C26H25NO4. The van der Waals surface area contributed by atoms with Gasteiger partial charge in [0, 0.05) is 17.3 Å². The molecule has 3 aromatic rings. The van der Waals surface area contributed by atoms with E-state index in [-0.39, 0.29) is 5.91 Å². The molecule has 5 heteroatoms. The van der Waals surface area contributed by atoms with Crippen molar-refractivity contribution in [1.82, 2.24) is 0 Å². The number of carbonyl (C=O) groups is 2. The Balaban J connectivity index is 1.56. The lowest BCUT2D eigenvalue weighted by Gasteiger charge is -2.09. The van der Waals surface area contributed by atoms with Gasteiger partial charge in [0.1, 0.15) is 11.5 Å².